The highest BCUT2D eigenvalue weighted by Gasteiger charge is 2.30. The summed E-state index contributed by atoms with van der Waals surface area (Å²) in [6, 6.07) is 3.82. The third kappa shape index (κ3) is 4.20. The molecular formula is C20H23ClFN5OS. The third-order valence-electron chi connectivity index (χ3n) is 5.47. The molecule has 2 aliphatic rings. The summed E-state index contributed by atoms with van der Waals surface area (Å²) < 4.78 is 13.6. The van der Waals surface area contributed by atoms with Gasteiger partial charge in [0.05, 0.1) is 16.8 Å². The number of halogens is 2. The third-order valence-corrected chi connectivity index (χ3v) is 6.95. The fraction of sp³-hybridized carbons (Fsp3) is 0.450. The molecule has 1 amide bonds. The van der Waals surface area contributed by atoms with Crippen LogP contribution in [0.1, 0.15) is 29.0 Å². The molecule has 2 atom stereocenters. The molecular weight excluding hydrogens is 413 g/mol. The number of thioether (sulfide) groups is 1. The van der Waals surface area contributed by atoms with E-state index in [4.69, 9.17) is 17.3 Å². The van der Waals surface area contributed by atoms with Crippen molar-refractivity contribution in [2.45, 2.75) is 30.4 Å². The number of aromatic nitrogens is 2. The molecule has 1 aromatic heterocycles. The Morgan fingerprint density at radius 1 is 1.34 bits per heavy atom. The molecule has 0 radical (unpaired) electrons. The number of amides is 1. The Balaban J connectivity index is 1.38. The van der Waals surface area contributed by atoms with Gasteiger partial charge in [-0.1, -0.05) is 17.7 Å². The first-order chi connectivity index (χ1) is 13.9. The van der Waals surface area contributed by atoms with Crippen molar-refractivity contribution in [3.63, 3.8) is 0 Å². The van der Waals surface area contributed by atoms with E-state index < -0.39 is 11.9 Å². The highest BCUT2D eigenvalue weighted by molar-refractivity contribution is 7.99. The molecule has 29 heavy (non-hydrogen) atoms. The van der Waals surface area contributed by atoms with Crippen LogP contribution in [-0.2, 0) is 17.0 Å². The number of piperazine rings is 1. The SMILES string of the molecule is C[C@H]1SCc2ncnc(N3CCN(C(=O)C(N)Cc4ccc(Cl)c(F)c4)CC3)c21. The number of benzene rings is 1. The van der Waals surface area contributed by atoms with Gasteiger partial charge in [0.15, 0.2) is 0 Å². The molecule has 9 heteroatoms. The summed E-state index contributed by atoms with van der Waals surface area (Å²) in [6.45, 7) is 4.76. The average molecular weight is 436 g/mol. The van der Waals surface area contributed by atoms with Crippen molar-refractivity contribution in [1.82, 2.24) is 14.9 Å². The van der Waals surface area contributed by atoms with Crippen molar-refractivity contribution < 1.29 is 9.18 Å². The molecule has 1 fully saturated rings. The van der Waals surface area contributed by atoms with E-state index in [2.05, 4.69) is 21.8 Å². The van der Waals surface area contributed by atoms with Gasteiger partial charge in [0.1, 0.15) is 18.0 Å². The standard InChI is InChI=1S/C20H23ClFN5OS/c1-12-18-17(10-29-12)24-11-25-19(18)26-4-6-27(7-5-26)20(28)16(23)9-13-2-3-14(21)15(22)8-13/h2-3,8,11-12,16H,4-7,9-10,23H2,1H3/t12-,16?/m1/s1. The smallest absolute Gasteiger partial charge is 0.239 e. The van der Waals surface area contributed by atoms with Crippen LogP contribution in [0, 0.1) is 5.82 Å². The molecule has 0 aliphatic carbocycles. The minimum Gasteiger partial charge on any atom is -0.353 e. The number of hydrogen-bond donors (Lipinski definition) is 1. The van der Waals surface area contributed by atoms with Crippen LogP contribution >= 0.6 is 23.4 Å². The predicted octanol–water partition coefficient (Wildman–Crippen LogP) is 2.80. The number of fused-ring (bicyclic) bond motifs is 1. The molecule has 2 aliphatic heterocycles. The van der Waals surface area contributed by atoms with Gasteiger partial charge in [-0.25, -0.2) is 14.4 Å². The van der Waals surface area contributed by atoms with Crippen molar-refractivity contribution in [2.24, 2.45) is 5.73 Å². The lowest BCUT2D eigenvalue weighted by Gasteiger charge is -2.37. The largest absolute Gasteiger partial charge is 0.353 e. The number of nitrogens with two attached hydrogens (primary N) is 1. The van der Waals surface area contributed by atoms with Crippen LogP contribution in [0.2, 0.25) is 5.02 Å². The maximum atomic E-state index is 13.6. The first kappa shape index (κ1) is 20.4. The van der Waals surface area contributed by atoms with E-state index >= 15 is 0 Å². The van der Waals surface area contributed by atoms with Gasteiger partial charge in [-0.05, 0) is 31.0 Å². The number of nitrogens with zero attached hydrogens (tertiary/aromatic N) is 4. The molecule has 1 aromatic carbocycles. The van der Waals surface area contributed by atoms with Gasteiger partial charge in [0, 0.05) is 42.7 Å². The quantitative estimate of drug-likeness (QED) is 0.795. The lowest BCUT2D eigenvalue weighted by Crippen LogP contribution is -2.54. The fourth-order valence-electron chi connectivity index (χ4n) is 3.87. The molecule has 3 heterocycles. The van der Waals surface area contributed by atoms with Crippen molar-refractivity contribution in [2.75, 3.05) is 31.1 Å². The molecule has 2 N–H and O–H groups in total. The second-order valence-electron chi connectivity index (χ2n) is 7.38. The van der Waals surface area contributed by atoms with Gasteiger partial charge < -0.3 is 15.5 Å². The van der Waals surface area contributed by atoms with Crippen molar-refractivity contribution in [3.05, 3.63) is 52.2 Å². The second-order valence-corrected chi connectivity index (χ2v) is 9.12. The number of carbonyl (C=O) groups excluding carboxylic acids is 1. The highest BCUT2D eigenvalue weighted by atomic mass is 35.5. The zero-order valence-electron chi connectivity index (χ0n) is 16.1. The lowest BCUT2D eigenvalue weighted by molar-refractivity contribution is -0.132. The predicted molar refractivity (Wildman–Crippen MR) is 114 cm³/mol. The minimum atomic E-state index is -0.707. The maximum Gasteiger partial charge on any atom is 0.239 e. The van der Waals surface area contributed by atoms with Crippen molar-refractivity contribution >= 4 is 35.1 Å². The summed E-state index contributed by atoms with van der Waals surface area (Å²) in [6.07, 6.45) is 1.91. The van der Waals surface area contributed by atoms with E-state index in [9.17, 15) is 9.18 Å². The minimum absolute atomic E-state index is 0.0636. The highest BCUT2D eigenvalue weighted by Crippen LogP contribution is 2.44. The first-order valence-electron chi connectivity index (χ1n) is 9.62. The average Bonchev–Trinajstić information content (AvgIpc) is 3.11. The van der Waals surface area contributed by atoms with E-state index in [0.717, 1.165) is 17.3 Å². The molecule has 6 nitrogen and oxygen atoms in total. The van der Waals surface area contributed by atoms with Crippen LogP contribution in [0.25, 0.3) is 0 Å². The Morgan fingerprint density at radius 2 is 2.10 bits per heavy atom. The Labute approximate surface area is 178 Å². The molecule has 0 bridgehead atoms. The number of hydrogen-bond acceptors (Lipinski definition) is 6. The Hall–Kier alpha value is -1.90. The van der Waals surface area contributed by atoms with Crippen LogP contribution in [0.15, 0.2) is 24.5 Å². The Morgan fingerprint density at radius 3 is 2.83 bits per heavy atom. The summed E-state index contributed by atoms with van der Waals surface area (Å²) >= 11 is 7.58. The Kier molecular flexibility index (Phi) is 5.94. The topological polar surface area (TPSA) is 75.4 Å². The number of rotatable bonds is 4. The van der Waals surface area contributed by atoms with E-state index in [1.165, 1.54) is 17.7 Å². The zero-order chi connectivity index (χ0) is 20.5. The number of anilines is 1. The molecule has 2 aromatic rings. The summed E-state index contributed by atoms with van der Waals surface area (Å²) in [4.78, 5) is 25.7. The van der Waals surface area contributed by atoms with Gasteiger partial charge in [-0.2, -0.15) is 0 Å². The molecule has 1 saturated heterocycles. The summed E-state index contributed by atoms with van der Waals surface area (Å²) in [7, 11) is 0. The van der Waals surface area contributed by atoms with Crippen molar-refractivity contribution in [3.8, 4) is 0 Å². The first-order valence-corrected chi connectivity index (χ1v) is 11.1. The van der Waals surface area contributed by atoms with Gasteiger partial charge in [0.2, 0.25) is 5.91 Å². The van der Waals surface area contributed by atoms with Crippen LogP contribution in [-0.4, -0.2) is 53.0 Å². The lowest BCUT2D eigenvalue weighted by atomic mass is 10.0. The van der Waals surface area contributed by atoms with E-state index in [-0.39, 0.29) is 17.4 Å². The van der Waals surface area contributed by atoms with Gasteiger partial charge in [-0.3, -0.25) is 4.79 Å². The van der Waals surface area contributed by atoms with Gasteiger partial charge in [0.25, 0.3) is 0 Å². The molecule has 154 valence electrons. The van der Waals surface area contributed by atoms with Crippen LogP contribution in [0.5, 0.6) is 0 Å². The summed E-state index contributed by atoms with van der Waals surface area (Å²) in [5, 5.41) is 0.447. The maximum absolute atomic E-state index is 13.6. The second kappa shape index (κ2) is 8.45. The van der Waals surface area contributed by atoms with Gasteiger partial charge >= 0.3 is 0 Å². The summed E-state index contributed by atoms with van der Waals surface area (Å²) in [5.74, 6) is 1.30. The zero-order valence-corrected chi connectivity index (χ0v) is 17.7. The van der Waals surface area contributed by atoms with E-state index in [1.54, 1.807) is 17.3 Å². The van der Waals surface area contributed by atoms with Gasteiger partial charge in [-0.15, -0.1) is 11.8 Å². The molecule has 0 spiro atoms. The monoisotopic (exact) mass is 435 g/mol. The Bertz CT molecular complexity index is 922. The number of carbonyl (C=O) groups is 1. The molecule has 1 unspecified atom stereocenters. The van der Waals surface area contributed by atoms with Crippen molar-refractivity contribution in [1.29, 1.82) is 0 Å². The molecule has 4 rings (SSSR count). The van der Waals surface area contributed by atoms with E-state index in [0.29, 0.717) is 37.0 Å². The van der Waals surface area contributed by atoms with Crippen LogP contribution in [0.4, 0.5) is 10.2 Å². The summed E-state index contributed by atoms with van der Waals surface area (Å²) in [5.41, 5.74) is 9.12. The normalized spacial score (nSPS) is 19.9. The molecule has 0 saturated carbocycles. The van der Waals surface area contributed by atoms with Crippen LogP contribution < -0.4 is 10.6 Å². The van der Waals surface area contributed by atoms with Crippen LogP contribution in [0.3, 0.4) is 0 Å². The fourth-order valence-corrected chi connectivity index (χ4v) is 5.04. The van der Waals surface area contributed by atoms with E-state index in [1.807, 2.05) is 11.8 Å².